The molecule has 2 rings (SSSR count). The summed E-state index contributed by atoms with van der Waals surface area (Å²) in [5, 5.41) is 4.92. The third kappa shape index (κ3) is 3.63. The van der Waals surface area contributed by atoms with E-state index in [1.165, 1.54) is 17.0 Å². The Labute approximate surface area is 111 Å². The number of nitrogens with two attached hydrogens (primary N) is 1. The summed E-state index contributed by atoms with van der Waals surface area (Å²) in [4.78, 5) is 6.41. The van der Waals surface area contributed by atoms with Crippen LogP contribution in [0.5, 0.6) is 0 Å². The summed E-state index contributed by atoms with van der Waals surface area (Å²) in [6.07, 6.45) is 2.74. The van der Waals surface area contributed by atoms with Crippen molar-refractivity contribution in [2.45, 2.75) is 6.42 Å². The predicted molar refractivity (Wildman–Crippen MR) is 79.3 cm³/mol. The van der Waals surface area contributed by atoms with Crippen molar-refractivity contribution >= 4 is 27.2 Å². The summed E-state index contributed by atoms with van der Waals surface area (Å²) < 4.78 is 0. The van der Waals surface area contributed by atoms with E-state index in [4.69, 9.17) is 5.73 Å². The number of nitrogen functional groups attached to an aromatic ring is 1. The minimum atomic E-state index is 0.749. The lowest BCUT2D eigenvalue weighted by atomic mass is 10.3. The van der Waals surface area contributed by atoms with E-state index in [0.717, 1.165) is 29.6 Å². The molecule has 1 aromatic heterocycles. The highest BCUT2D eigenvalue weighted by Crippen LogP contribution is 2.19. The maximum absolute atomic E-state index is 5.61. The molecule has 0 fully saturated rings. The van der Waals surface area contributed by atoms with Gasteiger partial charge in [-0.15, -0.1) is 0 Å². The van der Waals surface area contributed by atoms with Crippen molar-refractivity contribution < 1.29 is 0 Å². The fourth-order valence-corrected chi connectivity index (χ4v) is 2.30. The lowest BCUT2D eigenvalue weighted by Gasteiger charge is -2.19. The first-order valence-corrected chi connectivity index (χ1v) is 6.79. The van der Waals surface area contributed by atoms with Gasteiger partial charge in [0.05, 0.1) is 6.20 Å². The number of nitrogens with one attached hydrogen (secondary N) is 1. The minimum absolute atomic E-state index is 0.749. The second-order valence-corrected chi connectivity index (χ2v) is 5.17. The highest BCUT2D eigenvalue weighted by atomic mass is 32.1. The zero-order valence-corrected chi connectivity index (χ0v) is 11.3. The van der Waals surface area contributed by atoms with Crippen molar-refractivity contribution in [1.29, 1.82) is 0 Å². The number of aromatic nitrogens is 1. The molecule has 0 radical (unpaired) electrons. The smallest absolute Gasteiger partial charge is 0.184 e. The van der Waals surface area contributed by atoms with Gasteiger partial charge in [0.25, 0.3) is 0 Å². The Morgan fingerprint density at radius 3 is 2.78 bits per heavy atom. The molecule has 0 atom stereocenters. The lowest BCUT2D eigenvalue weighted by molar-refractivity contribution is 0.816. The van der Waals surface area contributed by atoms with E-state index in [1.807, 2.05) is 6.07 Å². The molecule has 1 heterocycles. The van der Waals surface area contributed by atoms with Crippen molar-refractivity contribution in [3.8, 4) is 0 Å². The summed E-state index contributed by atoms with van der Waals surface area (Å²) in [5.41, 5.74) is 6.86. The SMILES string of the molecule is CN(CCCNc1ncc(N)s1)c1ccccc1. The third-order valence-corrected chi connectivity index (χ3v) is 3.45. The van der Waals surface area contributed by atoms with E-state index in [9.17, 15) is 0 Å². The van der Waals surface area contributed by atoms with Gasteiger partial charge in [0, 0.05) is 25.8 Å². The Kier molecular flexibility index (Phi) is 4.41. The number of hydrogen-bond donors (Lipinski definition) is 2. The van der Waals surface area contributed by atoms with Crippen LogP contribution in [-0.4, -0.2) is 25.1 Å². The second-order valence-electron chi connectivity index (χ2n) is 4.11. The number of nitrogens with zero attached hydrogens (tertiary/aromatic N) is 2. The van der Waals surface area contributed by atoms with Gasteiger partial charge in [0.1, 0.15) is 5.00 Å². The molecule has 0 bridgehead atoms. The van der Waals surface area contributed by atoms with E-state index >= 15 is 0 Å². The Balaban J connectivity index is 1.69. The monoisotopic (exact) mass is 262 g/mol. The average molecular weight is 262 g/mol. The van der Waals surface area contributed by atoms with Gasteiger partial charge in [-0.1, -0.05) is 29.5 Å². The van der Waals surface area contributed by atoms with E-state index in [2.05, 4.69) is 46.5 Å². The van der Waals surface area contributed by atoms with Crippen LogP contribution in [0.25, 0.3) is 0 Å². The minimum Gasteiger partial charge on any atom is -0.389 e. The maximum atomic E-state index is 5.61. The quantitative estimate of drug-likeness (QED) is 0.786. The fraction of sp³-hybridized carbons (Fsp3) is 0.308. The van der Waals surface area contributed by atoms with Gasteiger partial charge in [0.2, 0.25) is 0 Å². The van der Waals surface area contributed by atoms with Crippen LogP contribution < -0.4 is 16.0 Å². The molecular weight excluding hydrogens is 244 g/mol. The van der Waals surface area contributed by atoms with Crippen LogP contribution in [0.3, 0.4) is 0 Å². The average Bonchev–Trinajstić information content (AvgIpc) is 2.81. The van der Waals surface area contributed by atoms with Crippen LogP contribution in [0.2, 0.25) is 0 Å². The summed E-state index contributed by atoms with van der Waals surface area (Å²) in [6.45, 7) is 1.92. The topological polar surface area (TPSA) is 54.2 Å². The Morgan fingerprint density at radius 2 is 2.11 bits per heavy atom. The fourth-order valence-electron chi connectivity index (χ4n) is 1.69. The summed E-state index contributed by atoms with van der Waals surface area (Å²) >= 11 is 1.48. The molecule has 0 saturated carbocycles. The van der Waals surface area contributed by atoms with Gasteiger partial charge in [0.15, 0.2) is 5.13 Å². The zero-order valence-electron chi connectivity index (χ0n) is 10.5. The van der Waals surface area contributed by atoms with Crippen molar-refractivity contribution in [2.24, 2.45) is 0 Å². The molecule has 0 aliphatic heterocycles. The maximum Gasteiger partial charge on any atom is 0.184 e. The molecule has 0 spiro atoms. The van der Waals surface area contributed by atoms with Crippen LogP contribution in [0.1, 0.15) is 6.42 Å². The van der Waals surface area contributed by atoms with E-state index < -0.39 is 0 Å². The van der Waals surface area contributed by atoms with Gasteiger partial charge in [-0.3, -0.25) is 0 Å². The molecule has 0 amide bonds. The largest absolute Gasteiger partial charge is 0.389 e. The molecule has 96 valence electrons. The number of anilines is 3. The molecular formula is C13H18N4S. The third-order valence-electron chi connectivity index (χ3n) is 2.67. The Morgan fingerprint density at radius 1 is 1.33 bits per heavy atom. The van der Waals surface area contributed by atoms with Crippen LogP contribution in [-0.2, 0) is 0 Å². The molecule has 1 aromatic carbocycles. The standard InChI is InChI=1S/C13H18N4S/c1-17(11-6-3-2-4-7-11)9-5-8-15-13-16-10-12(14)18-13/h2-4,6-7,10H,5,8-9,14H2,1H3,(H,15,16). The van der Waals surface area contributed by atoms with Crippen LogP contribution in [0, 0.1) is 0 Å². The molecule has 4 nitrogen and oxygen atoms in total. The van der Waals surface area contributed by atoms with Crippen LogP contribution in [0.15, 0.2) is 36.5 Å². The second kappa shape index (κ2) is 6.26. The highest BCUT2D eigenvalue weighted by molar-refractivity contribution is 7.19. The molecule has 0 aliphatic carbocycles. The van der Waals surface area contributed by atoms with Crippen molar-refractivity contribution in [1.82, 2.24) is 4.98 Å². The summed E-state index contributed by atoms with van der Waals surface area (Å²) in [5.74, 6) is 0. The number of rotatable bonds is 6. The Hall–Kier alpha value is -1.75. The molecule has 3 N–H and O–H groups in total. The summed E-state index contributed by atoms with van der Waals surface area (Å²) in [6, 6.07) is 10.4. The molecule has 18 heavy (non-hydrogen) atoms. The van der Waals surface area contributed by atoms with Gasteiger partial charge >= 0.3 is 0 Å². The normalized spacial score (nSPS) is 10.3. The predicted octanol–water partition coefficient (Wildman–Crippen LogP) is 2.66. The first-order valence-electron chi connectivity index (χ1n) is 5.97. The van der Waals surface area contributed by atoms with Gasteiger partial charge < -0.3 is 16.0 Å². The van der Waals surface area contributed by atoms with E-state index in [0.29, 0.717) is 0 Å². The number of benzene rings is 1. The van der Waals surface area contributed by atoms with Crippen LogP contribution in [0.4, 0.5) is 15.8 Å². The molecule has 0 unspecified atom stereocenters. The van der Waals surface area contributed by atoms with E-state index in [1.54, 1.807) is 6.20 Å². The zero-order chi connectivity index (χ0) is 12.8. The van der Waals surface area contributed by atoms with Gasteiger partial charge in [-0.05, 0) is 18.6 Å². The van der Waals surface area contributed by atoms with E-state index in [-0.39, 0.29) is 0 Å². The van der Waals surface area contributed by atoms with Crippen molar-refractivity contribution in [3.05, 3.63) is 36.5 Å². The molecule has 2 aromatic rings. The first-order chi connectivity index (χ1) is 8.75. The summed E-state index contributed by atoms with van der Waals surface area (Å²) in [7, 11) is 2.11. The molecule has 5 heteroatoms. The lowest BCUT2D eigenvalue weighted by Crippen LogP contribution is -2.20. The van der Waals surface area contributed by atoms with Gasteiger partial charge in [-0.2, -0.15) is 0 Å². The van der Waals surface area contributed by atoms with Crippen molar-refractivity contribution in [2.75, 3.05) is 36.1 Å². The first kappa shape index (κ1) is 12.7. The molecule has 0 saturated heterocycles. The van der Waals surface area contributed by atoms with Gasteiger partial charge in [-0.25, -0.2) is 4.98 Å². The number of hydrogen-bond acceptors (Lipinski definition) is 5. The Bertz CT molecular complexity index is 469. The molecule has 0 aliphatic rings. The number of para-hydroxylation sites is 1. The highest BCUT2D eigenvalue weighted by Gasteiger charge is 2.00. The van der Waals surface area contributed by atoms with Crippen molar-refractivity contribution in [3.63, 3.8) is 0 Å². The van der Waals surface area contributed by atoms with Crippen LogP contribution >= 0.6 is 11.3 Å². The number of thiazole rings is 1.